The summed E-state index contributed by atoms with van der Waals surface area (Å²) in [6, 6.07) is 0. The van der Waals surface area contributed by atoms with E-state index in [9.17, 15) is 10.1 Å². The molecular weight excluding hydrogens is 236 g/mol. The molecule has 18 heavy (non-hydrogen) atoms. The van der Waals surface area contributed by atoms with Crippen LogP contribution in [0.25, 0.3) is 0 Å². The van der Waals surface area contributed by atoms with Gasteiger partial charge in [-0.1, -0.05) is 6.92 Å². The summed E-state index contributed by atoms with van der Waals surface area (Å²) < 4.78 is 0. The Morgan fingerprint density at radius 1 is 1.44 bits per heavy atom. The molecule has 1 heterocycles. The van der Waals surface area contributed by atoms with Crippen molar-refractivity contribution in [3.05, 3.63) is 15.8 Å². The Balaban J connectivity index is 3.36. The molecule has 0 amide bonds. The minimum Gasteiger partial charge on any atom is -0.351 e. The van der Waals surface area contributed by atoms with Gasteiger partial charge in [-0.15, -0.1) is 0 Å². The van der Waals surface area contributed by atoms with E-state index >= 15 is 0 Å². The number of nitrogens with two attached hydrogens (primary N) is 1. The third-order valence-corrected chi connectivity index (χ3v) is 2.53. The fourth-order valence-corrected chi connectivity index (χ4v) is 1.73. The normalized spacial score (nSPS) is 10.2. The molecule has 3 N–H and O–H groups in total. The fourth-order valence-electron chi connectivity index (χ4n) is 1.73. The summed E-state index contributed by atoms with van der Waals surface area (Å²) in [5, 5.41) is 11.1. The van der Waals surface area contributed by atoms with Gasteiger partial charge >= 0.3 is 5.69 Å². The van der Waals surface area contributed by atoms with Gasteiger partial charge in [0, 0.05) is 13.1 Å². The number of nitrogens with one attached hydrogen (secondary N) is 1. The first kappa shape index (κ1) is 14.1. The van der Waals surface area contributed by atoms with Crippen LogP contribution in [-0.4, -0.2) is 28.0 Å². The van der Waals surface area contributed by atoms with Crippen LogP contribution in [0.3, 0.4) is 0 Å². The summed E-state index contributed by atoms with van der Waals surface area (Å²) >= 11 is 0. The second kappa shape index (κ2) is 6.10. The molecule has 1 aromatic rings. The lowest BCUT2D eigenvalue weighted by Crippen LogP contribution is -2.27. The van der Waals surface area contributed by atoms with Gasteiger partial charge in [-0.3, -0.25) is 15.5 Å². The number of aryl methyl sites for hydroxylation is 1. The van der Waals surface area contributed by atoms with E-state index in [0.29, 0.717) is 24.6 Å². The fraction of sp³-hybridized carbons (Fsp3) is 0.600. The molecule has 0 fully saturated rings. The number of nitrogens with zero attached hydrogens (tertiary/aromatic N) is 4. The van der Waals surface area contributed by atoms with Gasteiger partial charge in [0.05, 0.1) is 4.92 Å². The van der Waals surface area contributed by atoms with Crippen molar-refractivity contribution in [1.29, 1.82) is 0 Å². The monoisotopic (exact) mass is 254 g/mol. The number of hydrogen-bond donors (Lipinski definition) is 2. The highest BCUT2D eigenvalue weighted by molar-refractivity contribution is 5.62. The van der Waals surface area contributed by atoms with Gasteiger partial charge in [-0.25, -0.2) is 10.8 Å². The van der Waals surface area contributed by atoms with Crippen molar-refractivity contribution in [2.75, 3.05) is 23.4 Å². The van der Waals surface area contributed by atoms with Crippen molar-refractivity contribution in [2.24, 2.45) is 5.84 Å². The summed E-state index contributed by atoms with van der Waals surface area (Å²) in [7, 11) is 0. The van der Waals surface area contributed by atoms with Crippen LogP contribution in [0.5, 0.6) is 0 Å². The maximum absolute atomic E-state index is 11.1. The van der Waals surface area contributed by atoms with Gasteiger partial charge < -0.3 is 4.90 Å². The van der Waals surface area contributed by atoms with Crippen LogP contribution < -0.4 is 16.2 Å². The minimum atomic E-state index is -0.455. The van der Waals surface area contributed by atoms with Gasteiger partial charge in [-0.05, 0) is 20.3 Å². The van der Waals surface area contributed by atoms with E-state index < -0.39 is 4.92 Å². The van der Waals surface area contributed by atoms with Crippen molar-refractivity contribution < 1.29 is 4.92 Å². The summed E-state index contributed by atoms with van der Waals surface area (Å²) in [5.74, 6) is 5.76. The van der Waals surface area contributed by atoms with Crippen LogP contribution in [0, 0.1) is 17.0 Å². The molecule has 0 aliphatic heterocycles. The Labute approximate surface area is 105 Å². The maximum atomic E-state index is 11.1. The largest absolute Gasteiger partial charge is 0.351 e. The standard InChI is InChI=1S/C10H18N6O2/c1-4-6-15(5-2)9-8(16(17)18)7(3)12-10(13-9)14-11/h4-6,11H2,1-3H3,(H,12,13,14). The zero-order valence-electron chi connectivity index (χ0n) is 10.8. The molecule has 0 saturated carbocycles. The summed E-state index contributed by atoms with van der Waals surface area (Å²) in [5.41, 5.74) is 2.56. The van der Waals surface area contributed by atoms with Gasteiger partial charge in [0.15, 0.2) is 0 Å². The number of aromatic nitrogens is 2. The molecule has 0 spiro atoms. The molecule has 0 atom stereocenters. The number of rotatable bonds is 6. The number of anilines is 2. The van der Waals surface area contributed by atoms with E-state index in [0.717, 1.165) is 6.42 Å². The molecule has 0 aromatic carbocycles. The molecule has 0 saturated heterocycles. The van der Waals surface area contributed by atoms with Crippen LogP contribution >= 0.6 is 0 Å². The highest BCUT2D eigenvalue weighted by Crippen LogP contribution is 2.29. The molecule has 0 aliphatic carbocycles. The Bertz CT molecular complexity index is 437. The van der Waals surface area contributed by atoms with E-state index in [2.05, 4.69) is 15.4 Å². The number of hydrazine groups is 1. The number of nitro groups is 1. The predicted octanol–water partition coefficient (Wildman–Crippen LogP) is 1.22. The van der Waals surface area contributed by atoms with Gasteiger partial charge in [0.1, 0.15) is 5.69 Å². The van der Waals surface area contributed by atoms with Gasteiger partial charge in [0.2, 0.25) is 11.8 Å². The summed E-state index contributed by atoms with van der Waals surface area (Å²) in [6.45, 7) is 6.83. The van der Waals surface area contributed by atoms with E-state index in [1.807, 2.05) is 18.7 Å². The minimum absolute atomic E-state index is 0.0655. The lowest BCUT2D eigenvalue weighted by molar-refractivity contribution is -0.385. The molecule has 8 heteroatoms. The number of nitrogen functional groups attached to an aromatic ring is 1. The summed E-state index contributed by atoms with van der Waals surface area (Å²) in [6.07, 6.45) is 0.874. The van der Waals surface area contributed by atoms with E-state index in [1.165, 1.54) is 0 Å². The SMILES string of the molecule is CCCN(CC)c1nc(NN)nc(C)c1[N+](=O)[O-]. The van der Waals surface area contributed by atoms with Crippen molar-refractivity contribution in [1.82, 2.24) is 9.97 Å². The first-order valence-corrected chi connectivity index (χ1v) is 5.79. The molecule has 1 aromatic heterocycles. The molecule has 0 unspecified atom stereocenters. The topological polar surface area (TPSA) is 110 Å². The van der Waals surface area contributed by atoms with Crippen LogP contribution in [0.1, 0.15) is 26.0 Å². The van der Waals surface area contributed by atoms with Crippen LogP contribution in [-0.2, 0) is 0 Å². The lowest BCUT2D eigenvalue weighted by atomic mass is 10.3. The molecule has 100 valence electrons. The first-order valence-electron chi connectivity index (χ1n) is 5.79. The highest BCUT2D eigenvalue weighted by atomic mass is 16.6. The van der Waals surface area contributed by atoms with Gasteiger partial charge in [-0.2, -0.15) is 4.98 Å². The lowest BCUT2D eigenvalue weighted by Gasteiger charge is -2.21. The van der Waals surface area contributed by atoms with Gasteiger partial charge in [0.25, 0.3) is 0 Å². The predicted molar refractivity (Wildman–Crippen MR) is 69.4 cm³/mol. The number of hydrogen-bond acceptors (Lipinski definition) is 7. The molecule has 0 radical (unpaired) electrons. The van der Waals surface area contributed by atoms with E-state index in [1.54, 1.807) is 6.92 Å². The average Bonchev–Trinajstić information content (AvgIpc) is 2.34. The third-order valence-electron chi connectivity index (χ3n) is 2.53. The zero-order chi connectivity index (χ0) is 13.7. The van der Waals surface area contributed by atoms with E-state index in [-0.39, 0.29) is 11.6 Å². The molecule has 0 bridgehead atoms. The molecule has 1 rings (SSSR count). The van der Waals surface area contributed by atoms with Crippen LogP contribution in [0.15, 0.2) is 0 Å². The quantitative estimate of drug-likeness (QED) is 0.446. The Morgan fingerprint density at radius 3 is 2.56 bits per heavy atom. The maximum Gasteiger partial charge on any atom is 0.332 e. The zero-order valence-corrected chi connectivity index (χ0v) is 10.8. The highest BCUT2D eigenvalue weighted by Gasteiger charge is 2.25. The third kappa shape index (κ3) is 2.83. The molecular formula is C10H18N6O2. The second-order valence-electron chi connectivity index (χ2n) is 3.79. The molecule has 0 aliphatic rings. The van der Waals surface area contributed by atoms with Crippen molar-refractivity contribution in [3.8, 4) is 0 Å². The Morgan fingerprint density at radius 2 is 2.11 bits per heavy atom. The van der Waals surface area contributed by atoms with Crippen molar-refractivity contribution in [2.45, 2.75) is 27.2 Å². The van der Waals surface area contributed by atoms with Crippen molar-refractivity contribution >= 4 is 17.5 Å². The van der Waals surface area contributed by atoms with Crippen LogP contribution in [0.4, 0.5) is 17.5 Å². The Kier molecular flexibility index (Phi) is 4.78. The molecule has 8 nitrogen and oxygen atoms in total. The smallest absolute Gasteiger partial charge is 0.332 e. The first-order chi connectivity index (χ1) is 8.54. The van der Waals surface area contributed by atoms with Crippen molar-refractivity contribution in [3.63, 3.8) is 0 Å². The van der Waals surface area contributed by atoms with Crippen LogP contribution in [0.2, 0.25) is 0 Å². The summed E-state index contributed by atoms with van der Waals surface area (Å²) in [4.78, 5) is 20.5. The van der Waals surface area contributed by atoms with E-state index in [4.69, 9.17) is 5.84 Å². The average molecular weight is 254 g/mol. The Hall–Kier alpha value is -1.96. The second-order valence-corrected chi connectivity index (χ2v) is 3.79.